The molecular weight excluding hydrogens is 221 g/mol. The second-order valence-electron chi connectivity index (χ2n) is 2.25. The molecular formula is C5H6BF4N3O2. The standard InChI is InChI=1S/C5H5N3O2.BF4/c6-5-2-1-4(3-7-5)8(9)10;2-1(3,4)5/h1-3H,(H2,6,7);/q;-1/p+1. The zero-order valence-corrected chi connectivity index (χ0v) is 7.16. The maximum absolute atomic E-state index is 10.1. The molecule has 1 aromatic rings. The van der Waals surface area contributed by atoms with Gasteiger partial charge in [0.15, 0.2) is 6.20 Å². The maximum atomic E-state index is 10.1. The number of nitrogens with zero attached hydrogens (tertiary/aromatic N) is 1. The predicted octanol–water partition coefficient (Wildman–Crippen LogP) is 1.29. The Hall–Kier alpha value is -1.87. The molecule has 84 valence electrons. The number of aromatic nitrogens is 1. The Kier molecular flexibility index (Phi) is 4.49. The lowest BCUT2D eigenvalue weighted by molar-refractivity contribution is -0.413. The van der Waals surface area contributed by atoms with Gasteiger partial charge in [-0.25, -0.2) is 4.98 Å². The van der Waals surface area contributed by atoms with Crippen molar-refractivity contribution in [2.24, 2.45) is 0 Å². The van der Waals surface area contributed by atoms with Crippen LogP contribution in [0.2, 0.25) is 0 Å². The van der Waals surface area contributed by atoms with Gasteiger partial charge in [-0.2, -0.15) is 0 Å². The third kappa shape index (κ3) is 8.46. The van der Waals surface area contributed by atoms with Gasteiger partial charge in [0, 0.05) is 12.1 Å². The summed E-state index contributed by atoms with van der Waals surface area (Å²) in [5.74, 6) is 0.408. The van der Waals surface area contributed by atoms with Gasteiger partial charge in [0.25, 0.3) is 5.82 Å². The lowest BCUT2D eigenvalue weighted by Crippen LogP contribution is -2.09. The number of nitrogens with one attached hydrogen (secondary N) is 1. The van der Waals surface area contributed by atoms with Crippen molar-refractivity contribution >= 4 is 18.8 Å². The van der Waals surface area contributed by atoms with E-state index in [9.17, 15) is 27.4 Å². The quantitative estimate of drug-likeness (QED) is 0.339. The van der Waals surface area contributed by atoms with Crippen molar-refractivity contribution in [2.45, 2.75) is 0 Å². The largest absolute Gasteiger partial charge is 0.673 e. The summed E-state index contributed by atoms with van der Waals surface area (Å²) in [6.45, 7) is 0. The summed E-state index contributed by atoms with van der Waals surface area (Å²) in [5, 5.41) is 10.1. The lowest BCUT2D eigenvalue weighted by atomic mass is 10.3. The molecule has 1 rings (SSSR count). The molecule has 0 saturated carbocycles. The maximum Gasteiger partial charge on any atom is 0.673 e. The Labute approximate surface area is 81.2 Å². The van der Waals surface area contributed by atoms with E-state index in [2.05, 4.69) is 4.98 Å². The average Bonchev–Trinajstić information content (AvgIpc) is 2.01. The number of nitro groups is 1. The van der Waals surface area contributed by atoms with Crippen molar-refractivity contribution in [3.8, 4) is 0 Å². The molecule has 0 aromatic carbocycles. The summed E-state index contributed by atoms with van der Waals surface area (Å²) in [6.07, 6.45) is 1.25. The summed E-state index contributed by atoms with van der Waals surface area (Å²) in [4.78, 5) is 12.1. The molecule has 3 N–H and O–H groups in total. The first-order valence-corrected chi connectivity index (χ1v) is 3.49. The Morgan fingerprint density at radius 2 is 1.80 bits per heavy atom. The molecule has 5 nitrogen and oxygen atoms in total. The molecule has 15 heavy (non-hydrogen) atoms. The van der Waals surface area contributed by atoms with Crippen molar-refractivity contribution in [1.82, 2.24) is 0 Å². The highest BCUT2D eigenvalue weighted by Crippen LogP contribution is 2.06. The van der Waals surface area contributed by atoms with Gasteiger partial charge in [-0.15, -0.1) is 0 Å². The van der Waals surface area contributed by atoms with E-state index in [0.29, 0.717) is 5.82 Å². The van der Waals surface area contributed by atoms with Crippen LogP contribution >= 0.6 is 0 Å². The number of hydrogen-bond acceptors (Lipinski definition) is 3. The Morgan fingerprint density at radius 3 is 2.07 bits per heavy atom. The van der Waals surface area contributed by atoms with Crippen molar-refractivity contribution in [2.75, 3.05) is 5.73 Å². The molecule has 0 aliphatic carbocycles. The van der Waals surface area contributed by atoms with E-state index in [0.717, 1.165) is 0 Å². The monoisotopic (exact) mass is 227 g/mol. The minimum absolute atomic E-state index is 0.00852. The molecule has 0 spiro atoms. The van der Waals surface area contributed by atoms with E-state index in [1.807, 2.05) is 0 Å². The summed E-state index contributed by atoms with van der Waals surface area (Å²) >= 11 is 0. The zero-order valence-electron chi connectivity index (χ0n) is 7.16. The van der Waals surface area contributed by atoms with E-state index < -0.39 is 12.2 Å². The second kappa shape index (κ2) is 5.12. The van der Waals surface area contributed by atoms with Gasteiger partial charge in [0.05, 0.1) is 4.92 Å². The molecule has 1 aromatic heterocycles. The molecule has 0 radical (unpaired) electrons. The average molecular weight is 227 g/mol. The van der Waals surface area contributed by atoms with Gasteiger partial charge in [-0.1, -0.05) is 0 Å². The molecule has 0 aliphatic heterocycles. The van der Waals surface area contributed by atoms with Crippen LogP contribution in [-0.2, 0) is 0 Å². The van der Waals surface area contributed by atoms with E-state index in [-0.39, 0.29) is 5.69 Å². The molecule has 0 aliphatic rings. The first kappa shape index (κ1) is 13.1. The Balaban J connectivity index is 0.000000336. The second-order valence-corrected chi connectivity index (χ2v) is 2.25. The first-order valence-electron chi connectivity index (χ1n) is 3.49. The highest BCUT2D eigenvalue weighted by Gasteiger charge is 2.20. The number of H-pyrrole nitrogens is 1. The van der Waals surface area contributed by atoms with Crippen LogP contribution in [0.25, 0.3) is 0 Å². The highest BCUT2D eigenvalue weighted by molar-refractivity contribution is 6.50. The van der Waals surface area contributed by atoms with Crippen LogP contribution in [0.4, 0.5) is 28.8 Å². The molecule has 0 saturated heterocycles. The van der Waals surface area contributed by atoms with Crippen molar-refractivity contribution in [3.63, 3.8) is 0 Å². The lowest BCUT2D eigenvalue weighted by Gasteiger charge is -1.94. The van der Waals surface area contributed by atoms with Crippen molar-refractivity contribution in [3.05, 3.63) is 28.4 Å². The summed E-state index contributed by atoms with van der Waals surface area (Å²) in [7, 11) is -6.00. The molecule has 0 fully saturated rings. The van der Waals surface area contributed by atoms with Gasteiger partial charge in [0.1, 0.15) is 0 Å². The van der Waals surface area contributed by atoms with Gasteiger partial charge in [0.2, 0.25) is 0 Å². The van der Waals surface area contributed by atoms with Crippen LogP contribution in [0.5, 0.6) is 0 Å². The normalized spacial score (nSPS) is 10.1. The van der Waals surface area contributed by atoms with Crippen LogP contribution in [-0.4, -0.2) is 12.2 Å². The van der Waals surface area contributed by atoms with E-state index >= 15 is 0 Å². The number of hydrogen-bond donors (Lipinski definition) is 1. The minimum Gasteiger partial charge on any atom is -0.418 e. The fourth-order valence-electron chi connectivity index (χ4n) is 0.542. The van der Waals surface area contributed by atoms with Crippen LogP contribution < -0.4 is 10.7 Å². The van der Waals surface area contributed by atoms with Crippen LogP contribution in [0.3, 0.4) is 0 Å². The molecule has 0 unspecified atom stereocenters. The van der Waals surface area contributed by atoms with E-state index in [4.69, 9.17) is 5.73 Å². The molecule has 1 heterocycles. The Morgan fingerprint density at radius 1 is 1.33 bits per heavy atom. The Bertz CT molecular complexity index is 322. The number of aromatic amines is 1. The third-order valence-electron chi connectivity index (χ3n) is 1.03. The predicted molar refractivity (Wildman–Crippen MR) is 44.3 cm³/mol. The number of rotatable bonds is 1. The smallest absolute Gasteiger partial charge is 0.418 e. The van der Waals surface area contributed by atoms with Crippen molar-refractivity contribution in [1.29, 1.82) is 0 Å². The van der Waals surface area contributed by atoms with Crippen LogP contribution in [0, 0.1) is 10.1 Å². The van der Waals surface area contributed by atoms with Crippen molar-refractivity contribution < 1.29 is 27.2 Å². The summed E-state index contributed by atoms with van der Waals surface area (Å²) in [5.41, 5.74) is 5.26. The SMILES string of the molecule is F[B-](F)(F)F.Nc1ccc([N+](=O)[O-])c[nH+]1. The molecule has 0 atom stereocenters. The fourth-order valence-corrected chi connectivity index (χ4v) is 0.542. The van der Waals surface area contributed by atoms with Crippen LogP contribution in [0.15, 0.2) is 18.3 Å². The van der Waals surface area contributed by atoms with Crippen LogP contribution in [0.1, 0.15) is 0 Å². The first-order chi connectivity index (χ1) is 6.70. The molecule has 10 heteroatoms. The summed E-state index contributed by atoms with van der Waals surface area (Å²) < 4.78 is 39.0. The van der Waals surface area contributed by atoms with Gasteiger partial charge >= 0.3 is 12.9 Å². The number of nitrogens with two attached hydrogens (primary N) is 1. The minimum atomic E-state index is -6.00. The number of nitrogen functional groups attached to an aromatic ring is 1. The topological polar surface area (TPSA) is 83.3 Å². The highest BCUT2D eigenvalue weighted by atomic mass is 19.5. The zero-order chi connectivity index (χ0) is 12.1. The summed E-state index contributed by atoms with van der Waals surface area (Å²) in [6, 6.07) is 2.78. The number of anilines is 1. The van der Waals surface area contributed by atoms with E-state index in [1.54, 1.807) is 0 Å². The number of pyridine rings is 1. The van der Waals surface area contributed by atoms with Gasteiger partial charge in [-0.05, 0) is 0 Å². The van der Waals surface area contributed by atoms with E-state index in [1.165, 1.54) is 18.3 Å². The molecule has 0 bridgehead atoms. The molecule has 0 amide bonds. The van der Waals surface area contributed by atoms with Gasteiger partial charge < -0.3 is 17.3 Å². The van der Waals surface area contributed by atoms with Gasteiger partial charge in [-0.3, -0.25) is 15.8 Å². The fraction of sp³-hybridized carbons (Fsp3) is 0. The third-order valence-corrected chi connectivity index (χ3v) is 1.03. The number of halogens is 4.